The van der Waals surface area contributed by atoms with Gasteiger partial charge in [0, 0.05) is 13.1 Å². The molecule has 1 aliphatic heterocycles. The number of ether oxygens (including phenoxy) is 1. The van der Waals surface area contributed by atoms with Gasteiger partial charge in [0.1, 0.15) is 0 Å². The number of carbonyl (C=O) groups excluding carboxylic acids is 1. The van der Waals surface area contributed by atoms with E-state index in [1.165, 1.54) is 5.57 Å². The van der Waals surface area contributed by atoms with E-state index in [0.717, 1.165) is 25.1 Å². The summed E-state index contributed by atoms with van der Waals surface area (Å²) in [5.41, 5.74) is 2.02. The van der Waals surface area contributed by atoms with Gasteiger partial charge in [0.05, 0.1) is 12.2 Å². The molecule has 1 aliphatic rings. The lowest BCUT2D eigenvalue weighted by Crippen LogP contribution is -2.31. The van der Waals surface area contributed by atoms with Gasteiger partial charge in [-0.2, -0.15) is 0 Å². The first-order valence-electron chi connectivity index (χ1n) is 4.69. The number of carbonyl (C=O) groups is 1. The number of hydrogen-bond donors (Lipinski definition) is 0. The van der Waals surface area contributed by atoms with Gasteiger partial charge in [-0.25, -0.2) is 4.79 Å². The van der Waals surface area contributed by atoms with Gasteiger partial charge >= 0.3 is 5.97 Å². The van der Waals surface area contributed by atoms with Crippen LogP contribution in [0.5, 0.6) is 0 Å². The Balaban J connectivity index is 2.70. The molecule has 13 heavy (non-hydrogen) atoms. The normalized spacial score (nSPS) is 19.0. The van der Waals surface area contributed by atoms with E-state index in [2.05, 4.69) is 4.90 Å². The Morgan fingerprint density at radius 3 is 2.92 bits per heavy atom. The van der Waals surface area contributed by atoms with Gasteiger partial charge in [-0.05, 0) is 27.3 Å². The first-order chi connectivity index (χ1) is 6.15. The Labute approximate surface area is 79.4 Å². The summed E-state index contributed by atoms with van der Waals surface area (Å²) >= 11 is 0. The van der Waals surface area contributed by atoms with Crippen LogP contribution in [0.15, 0.2) is 11.1 Å². The monoisotopic (exact) mass is 183 g/mol. The fourth-order valence-corrected chi connectivity index (χ4v) is 1.45. The zero-order chi connectivity index (χ0) is 9.84. The molecule has 0 spiro atoms. The average Bonchev–Trinajstić information content (AvgIpc) is 2.09. The lowest BCUT2D eigenvalue weighted by atomic mass is 10.0. The van der Waals surface area contributed by atoms with Crippen molar-refractivity contribution in [3.63, 3.8) is 0 Å². The van der Waals surface area contributed by atoms with Gasteiger partial charge in [-0.3, -0.25) is 0 Å². The van der Waals surface area contributed by atoms with Gasteiger partial charge in [0.15, 0.2) is 0 Å². The molecule has 0 N–H and O–H groups in total. The molecular formula is C10H17NO2. The highest BCUT2D eigenvalue weighted by molar-refractivity contribution is 5.90. The van der Waals surface area contributed by atoms with Gasteiger partial charge in [-0.1, -0.05) is 5.57 Å². The van der Waals surface area contributed by atoms with Gasteiger partial charge in [-0.15, -0.1) is 0 Å². The van der Waals surface area contributed by atoms with Crippen LogP contribution in [0, 0.1) is 0 Å². The van der Waals surface area contributed by atoms with Crippen LogP contribution >= 0.6 is 0 Å². The molecule has 0 aromatic heterocycles. The molecule has 1 heterocycles. The van der Waals surface area contributed by atoms with Crippen LogP contribution in [0.4, 0.5) is 0 Å². The van der Waals surface area contributed by atoms with Crippen molar-refractivity contribution in [1.29, 1.82) is 0 Å². The number of rotatable bonds is 2. The Kier molecular flexibility index (Phi) is 3.48. The first-order valence-corrected chi connectivity index (χ1v) is 4.69. The minimum Gasteiger partial charge on any atom is -0.463 e. The number of esters is 1. The van der Waals surface area contributed by atoms with E-state index in [1.54, 1.807) is 0 Å². The molecule has 0 atom stereocenters. The van der Waals surface area contributed by atoms with E-state index >= 15 is 0 Å². The minimum absolute atomic E-state index is 0.147. The second kappa shape index (κ2) is 4.42. The molecule has 0 amide bonds. The number of hydrogen-bond acceptors (Lipinski definition) is 3. The van der Waals surface area contributed by atoms with E-state index in [4.69, 9.17) is 4.74 Å². The smallest absolute Gasteiger partial charge is 0.335 e. The summed E-state index contributed by atoms with van der Waals surface area (Å²) in [4.78, 5) is 13.6. The standard InChI is InChI=1S/C10H17NO2/c1-4-13-10(12)9-7-11(3)6-5-8(9)2/h4-7H2,1-3H3. The van der Waals surface area contributed by atoms with Crippen LogP contribution in [-0.2, 0) is 9.53 Å². The fourth-order valence-electron chi connectivity index (χ4n) is 1.45. The Morgan fingerprint density at radius 1 is 1.62 bits per heavy atom. The highest BCUT2D eigenvalue weighted by atomic mass is 16.5. The maximum atomic E-state index is 11.4. The van der Waals surface area contributed by atoms with E-state index in [1.807, 2.05) is 20.9 Å². The predicted octanol–water partition coefficient (Wildman–Crippen LogP) is 1.20. The van der Waals surface area contributed by atoms with Crippen molar-refractivity contribution in [1.82, 2.24) is 4.90 Å². The topological polar surface area (TPSA) is 29.5 Å². The maximum absolute atomic E-state index is 11.4. The van der Waals surface area contributed by atoms with E-state index in [0.29, 0.717) is 6.61 Å². The Bertz CT molecular complexity index is 233. The lowest BCUT2D eigenvalue weighted by molar-refractivity contribution is -0.139. The van der Waals surface area contributed by atoms with Crippen molar-refractivity contribution in [2.24, 2.45) is 0 Å². The van der Waals surface area contributed by atoms with Gasteiger partial charge < -0.3 is 9.64 Å². The van der Waals surface area contributed by atoms with Gasteiger partial charge in [0.2, 0.25) is 0 Å². The van der Waals surface area contributed by atoms with Gasteiger partial charge in [0.25, 0.3) is 0 Å². The average molecular weight is 183 g/mol. The molecular weight excluding hydrogens is 166 g/mol. The third-order valence-electron chi connectivity index (χ3n) is 2.33. The summed E-state index contributed by atoms with van der Waals surface area (Å²) in [6.07, 6.45) is 0.977. The van der Waals surface area contributed by atoms with Crippen molar-refractivity contribution in [2.75, 3.05) is 26.7 Å². The maximum Gasteiger partial charge on any atom is 0.335 e. The highest BCUT2D eigenvalue weighted by Gasteiger charge is 2.19. The minimum atomic E-state index is -0.147. The van der Waals surface area contributed by atoms with Crippen LogP contribution in [0.2, 0.25) is 0 Å². The molecule has 0 fully saturated rings. The summed E-state index contributed by atoms with van der Waals surface area (Å²) in [7, 11) is 2.02. The molecule has 0 saturated heterocycles. The summed E-state index contributed by atoms with van der Waals surface area (Å²) < 4.78 is 4.98. The zero-order valence-electron chi connectivity index (χ0n) is 8.59. The third kappa shape index (κ3) is 2.56. The van der Waals surface area contributed by atoms with Crippen LogP contribution in [0.25, 0.3) is 0 Å². The quantitative estimate of drug-likeness (QED) is 0.602. The van der Waals surface area contributed by atoms with Crippen LogP contribution in [-0.4, -0.2) is 37.6 Å². The van der Waals surface area contributed by atoms with Crippen LogP contribution in [0.1, 0.15) is 20.3 Å². The molecule has 0 radical (unpaired) electrons. The van der Waals surface area contributed by atoms with Crippen molar-refractivity contribution in [3.05, 3.63) is 11.1 Å². The molecule has 0 bridgehead atoms. The van der Waals surface area contributed by atoms with E-state index in [-0.39, 0.29) is 5.97 Å². The molecule has 74 valence electrons. The molecule has 0 saturated carbocycles. The summed E-state index contributed by atoms with van der Waals surface area (Å²) in [6.45, 7) is 6.07. The third-order valence-corrected chi connectivity index (χ3v) is 2.33. The Hall–Kier alpha value is -0.830. The van der Waals surface area contributed by atoms with Crippen LogP contribution in [0.3, 0.4) is 0 Å². The second-order valence-electron chi connectivity index (χ2n) is 3.47. The van der Waals surface area contributed by atoms with Crippen molar-refractivity contribution in [3.8, 4) is 0 Å². The summed E-state index contributed by atoms with van der Waals surface area (Å²) in [6, 6.07) is 0. The number of likely N-dealkylation sites (N-methyl/N-ethyl adjacent to an activating group) is 1. The molecule has 3 heteroatoms. The van der Waals surface area contributed by atoms with Crippen molar-refractivity contribution >= 4 is 5.97 Å². The molecule has 1 rings (SSSR count). The fraction of sp³-hybridized carbons (Fsp3) is 0.700. The van der Waals surface area contributed by atoms with Crippen molar-refractivity contribution in [2.45, 2.75) is 20.3 Å². The van der Waals surface area contributed by atoms with Crippen molar-refractivity contribution < 1.29 is 9.53 Å². The largest absolute Gasteiger partial charge is 0.463 e. The Morgan fingerprint density at radius 2 is 2.31 bits per heavy atom. The molecule has 0 aromatic rings. The number of nitrogens with zero attached hydrogens (tertiary/aromatic N) is 1. The predicted molar refractivity (Wildman–Crippen MR) is 51.4 cm³/mol. The summed E-state index contributed by atoms with van der Waals surface area (Å²) in [5.74, 6) is -0.147. The molecule has 3 nitrogen and oxygen atoms in total. The highest BCUT2D eigenvalue weighted by Crippen LogP contribution is 2.17. The first kappa shape index (κ1) is 10.3. The SMILES string of the molecule is CCOC(=O)C1=C(C)CCN(C)C1. The zero-order valence-corrected chi connectivity index (χ0v) is 8.59. The molecule has 0 aromatic carbocycles. The second-order valence-corrected chi connectivity index (χ2v) is 3.47. The van der Waals surface area contributed by atoms with E-state index in [9.17, 15) is 4.79 Å². The van der Waals surface area contributed by atoms with Crippen LogP contribution < -0.4 is 0 Å². The van der Waals surface area contributed by atoms with E-state index < -0.39 is 0 Å². The lowest BCUT2D eigenvalue weighted by Gasteiger charge is -2.24. The molecule has 0 aliphatic carbocycles. The summed E-state index contributed by atoms with van der Waals surface area (Å²) in [5, 5.41) is 0. The molecule has 0 unspecified atom stereocenters.